The van der Waals surface area contributed by atoms with Crippen LogP contribution in [0.15, 0.2) is 29.1 Å². The van der Waals surface area contributed by atoms with Gasteiger partial charge in [0.05, 0.1) is 6.61 Å². The van der Waals surface area contributed by atoms with Crippen LogP contribution in [0.4, 0.5) is 5.69 Å². The lowest BCUT2D eigenvalue weighted by atomic mass is 10.0. The average molecular weight is 385 g/mol. The number of rotatable bonds is 9. The molecule has 1 N–H and O–H groups in total. The van der Waals surface area contributed by atoms with Gasteiger partial charge in [-0.2, -0.15) is 0 Å². The molecular weight excluding hydrogens is 352 g/mol. The standard InChI is InChI=1S/C23H32N2O3/c1-6-17-11-10-12-18(7-2)22(17)24-23(27)21-19(8-3)25(13-14-28-9-4)16(5)15-20(21)26/h10-12,15H,6-9,13-14H2,1-5H3,(H,24,27). The first kappa shape index (κ1) is 21.9. The van der Waals surface area contributed by atoms with E-state index in [1.54, 1.807) is 6.07 Å². The number of benzene rings is 1. The summed E-state index contributed by atoms with van der Waals surface area (Å²) in [5.41, 5.74) is 4.60. The fraction of sp³-hybridized carbons (Fsp3) is 0.478. The maximum absolute atomic E-state index is 13.2. The van der Waals surface area contributed by atoms with Crippen molar-refractivity contribution >= 4 is 11.6 Å². The third-order valence-electron chi connectivity index (χ3n) is 5.09. The molecule has 0 bridgehead atoms. The van der Waals surface area contributed by atoms with Crippen molar-refractivity contribution in [3.05, 3.63) is 62.6 Å². The van der Waals surface area contributed by atoms with E-state index < -0.39 is 0 Å². The van der Waals surface area contributed by atoms with E-state index >= 15 is 0 Å². The normalized spacial score (nSPS) is 10.9. The molecule has 28 heavy (non-hydrogen) atoms. The first-order chi connectivity index (χ1) is 13.5. The Balaban J connectivity index is 2.49. The van der Waals surface area contributed by atoms with Gasteiger partial charge in [-0.05, 0) is 44.2 Å². The van der Waals surface area contributed by atoms with Crippen LogP contribution in [-0.2, 0) is 30.5 Å². The van der Waals surface area contributed by atoms with Crippen LogP contribution in [0.3, 0.4) is 0 Å². The van der Waals surface area contributed by atoms with Gasteiger partial charge in [0.1, 0.15) is 5.56 Å². The first-order valence-electron chi connectivity index (χ1n) is 10.2. The third-order valence-corrected chi connectivity index (χ3v) is 5.09. The Morgan fingerprint density at radius 3 is 2.25 bits per heavy atom. The Labute approximate surface area is 167 Å². The van der Waals surface area contributed by atoms with E-state index in [-0.39, 0.29) is 16.9 Å². The summed E-state index contributed by atoms with van der Waals surface area (Å²) in [4.78, 5) is 25.9. The SMILES string of the molecule is CCOCCn1c(C)cc(=O)c(C(=O)Nc2c(CC)cccc2CC)c1CC. The number of para-hydroxylation sites is 1. The zero-order valence-electron chi connectivity index (χ0n) is 17.7. The summed E-state index contributed by atoms with van der Waals surface area (Å²) in [6.07, 6.45) is 2.23. The molecule has 0 aliphatic carbocycles. The number of hydrogen-bond donors (Lipinski definition) is 1. The molecule has 152 valence electrons. The Hall–Kier alpha value is -2.40. The zero-order valence-corrected chi connectivity index (χ0v) is 17.7. The molecule has 0 spiro atoms. The van der Waals surface area contributed by atoms with Gasteiger partial charge in [-0.25, -0.2) is 0 Å². The summed E-state index contributed by atoms with van der Waals surface area (Å²) < 4.78 is 7.51. The number of amides is 1. The highest BCUT2D eigenvalue weighted by atomic mass is 16.5. The molecule has 0 atom stereocenters. The summed E-state index contributed by atoms with van der Waals surface area (Å²) in [6.45, 7) is 11.8. The van der Waals surface area contributed by atoms with Gasteiger partial charge < -0.3 is 14.6 Å². The number of nitrogens with zero attached hydrogens (tertiary/aromatic N) is 1. The summed E-state index contributed by atoms with van der Waals surface area (Å²) >= 11 is 0. The molecule has 2 rings (SSSR count). The number of anilines is 1. The number of hydrogen-bond acceptors (Lipinski definition) is 3. The monoisotopic (exact) mass is 384 g/mol. The molecule has 2 aromatic rings. The molecule has 0 saturated carbocycles. The lowest BCUT2D eigenvalue weighted by Gasteiger charge is -2.20. The van der Waals surface area contributed by atoms with Gasteiger partial charge in [0, 0.05) is 36.3 Å². The highest BCUT2D eigenvalue weighted by Crippen LogP contribution is 2.23. The van der Waals surface area contributed by atoms with Gasteiger partial charge >= 0.3 is 0 Å². The van der Waals surface area contributed by atoms with E-state index in [1.807, 2.05) is 43.5 Å². The van der Waals surface area contributed by atoms with Crippen molar-refractivity contribution in [2.24, 2.45) is 0 Å². The number of nitrogens with one attached hydrogen (secondary N) is 1. The average Bonchev–Trinajstić information content (AvgIpc) is 2.69. The molecule has 1 aromatic heterocycles. The Kier molecular flexibility index (Phi) is 8.00. The van der Waals surface area contributed by atoms with Crippen LogP contribution in [0.25, 0.3) is 0 Å². The predicted octanol–water partition coefficient (Wildman–Crippen LogP) is 4.13. The number of pyridine rings is 1. The van der Waals surface area contributed by atoms with Crippen LogP contribution in [-0.4, -0.2) is 23.7 Å². The van der Waals surface area contributed by atoms with E-state index in [4.69, 9.17) is 4.74 Å². The van der Waals surface area contributed by atoms with Crippen LogP contribution >= 0.6 is 0 Å². The van der Waals surface area contributed by atoms with Gasteiger partial charge in [-0.3, -0.25) is 9.59 Å². The molecule has 1 amide bonds. The van der Waals surface area contributed by atoms with Crippen LogP contribution in [0.2, 0.25) is 0 Å². The van der Waals surface area contributed by atoms with Crippen molar-refractivity contribution in [2.45, 2.75) is 60.4 Å². The van der Waals surface area contributed by atoms with Crippen molar-refractivity contribution in [2.75, 3.05) is 18.5 Å². The van der Waals surface area contributed by atoms with Gasteiger partial charge in [0.2, 0.25) is 0 Å². The van der Waals surface area contributed by atoms with E-state index in [9.17, 15) is 9.59 Å². The second kappa shape index (κ2) is 10.2. The lowest BCUT2D eigenvalue weighted by molar-refractivity contribution is 0.102. The molecule has 0 unspecified atom stereocenters. The van der Waals surface area contributed by atoms with Crippen LogP contribution in [0.5, 0.6) is 0 Å². The highest BCUT2D eigenvalue weighted by molar-refractivity contribution is 6.05. The van der Waals surface area contributed by atoms with E-state index in [0.717, 1.165) is 41.0 Å². The van der Waals surface area contributed by atoms with Crippen molar-refractivity contribution < 1.29 is 9.53 Å². The molecule has 0 saturated heterocycles. The molecule has 0 aliphatic rings. The molecule has 1 aromatic carbocycles. The van der Waals surface area contributed by atoms with Crippen LogP contribution in [0.1, 0.15) is 60.6 Å². The minimum absolute atomic E-state index is 0.230. The quantitative estimate of drug-likeness (QED) is 0.661. The fourth-order valence-electron chi connectivity index (χ4n) is 3.63. The van der Waals surface area contributed by atoms with Gasteiger partial charge in [-0.1, -0.05) is 39.0 Å². The van der Waals surface area contributed by atoms with Gasteiger partial charge in [0.25, 0.3) is 5.91 Å². The van der Waals surface area contributed by atoms with Crippen LogP contribution < -0.4 is 10.7 Å². The Morgan fingerprint density at radius 1 is 1.07 bits per heavy atom. The van der Waals surface area contributed by atoms with E-state index in [1.165, 1.54) is 0 Å². The summed E-state index contributed by atoms with van der Waals surface area (Å²) in [5, 5.41) is 3.04. The molecule has 5 heteroatoms. The summed E-state index contributed by atoms with van der Waals surface area (Å²) in [7, 11) is 0. The Bertz CT molecular complexity index is 862. The number of carbonyl (C=O) groups is 1. The first-order valence-corrected chi connectivity index (χ1v) is 10.2. The number of carbonyl (C=O) groups excluding carboxylic acids is 1. The third kappa shape index (κ3) is 4.71. The smallest absolute Gasteiger partial charge is 0.261 e. The Morgan fingerprint density at radius 2 is 1.71 bits per heavy atom. The number of aryl methyl sites for hydroxylation is 3. The van der Waals surface area contributed by atoms with Crippen molar-refractivity contribution in [3.8, 4) is 0 Å². The molecule has 5 nitrogen and oxygen atoms in total. The maximum Gasteiger partial charge on any atom is 0.261 e. The predicted molar refractivity (Wildman–Crippen MR) is 114 cm³/mol. The molecule has 0 radical (unpaired) electrons. The lowest BCUT2D eigenvalue weighted by Crippen LogP contribution is -2.29. The maximum atomic E-state index is 13.2. The van der Waals surface area contributed by atoms with E-state index in [2.05, 4.69) is 19.2 Å². The minimum Gasteiger partial charge on any atom is -0.380 e. The topological polar surface area (TPSA) is 60.3 Å². The fourth-order valence-corrected chi connectivity index (χ4v) is 3.63. The largest absolute Gasteiger partial charge is 0.380 e. The summed E-state index contributed by atoms with van der Waals surface area (Å²) in [6, 6.07) is 7.60. The van der Waals surface area contributed by atoms with Crippen LogP contribution in [0, 0.1) is 6.92 Å². The number of aromatic nitrogens is 1. The second-order valence-electron chi connectivity index (χ2n) is 6.79. The summed E-state index contributed by atoms with van der Waals surface area (Å²) in [5.74, 6) is -0.331. The number of ether oxygens (including phenoxy) is 1. The molecule has 0 aliphatic heterocycles. The van der Waals surface area contributed by atoms with Gasteiger partial charge in [-0.15, -0.1) is 0 Å². The van der Waals surface area contributed by atoms with Crippen molar-refractivity contribution in [1.29, 1.82) is 0 Å². The van der Waals surface area contributed by atoms with Gasteiger partial charge in [0.15, 0.2) is 5.43 Å². The van der Waals surface area contributed by atoms with Crippen molar-refractivity contribution in [1.82, 2.24) is 4.57 Å². The van der Waals surface area contributed by atoms with E-state index in [0.29, 0.717) is 26.2 Å². The van der Waals surface area contributed by atoms with Crippen molar-refractivity contribution in [3.63, 3.8) is 0 Å². The highest BCUT2D eigenvalue weighted by Gasteiger charge is 2.21. The molecular formula is C23H32N2O3. The second-order valence-corrected chi connectivity index (χ2v) is 6.79. The zero-order chi connectivity index (χ0) is 20.7. The molecule has 0 fully saturated rings. The molecule has 1 heterocycles. The minimum atomic E-state index is -0.331.